The number of pyridine rings is 1. The van der Waals surface area contributed by atoms with E-state index in [0.717, 1.165) is 25.5 Å². The molecule has 1 aliphatic heterocycles. The van der Waals surface area contributed by atoms with Gasteiger partial charge >= 0.3 is 0 Å². The molecule has 2 aromatic carbocycles. The highest BCUT2D eigenvalue weighted by Gasteiger charge is 2.23. The minimum Gasteiger partial charge on any atom is -0.369 e. The number of nitrogens with one attached hydrogen (secondary N) is 2. The highest BCUT2D eigenvalue weighted by atomic mass is 15.0. The van der Waals surface area contributed by atoms with E-state index in [-0.39, 0.29) is 0 Å². The number of benzene rings is 2. The molecule has 0 aliphatic carbocycles. The van der Waals surface area contributed by atoms with Gasteiger partial charge < -0.3 is 10.6 Å². The fraction of sp³-hybridized carbons (Fsp3) is 0.227. The van der Waals surface area contributed by atoms with Gasteiger partial charge in [0, 0.05) is 43.2 Å². The molecule has 3 heteroatoms. The molecule has 3 aromatic rings. The van der Waals surface area contributed by atoms with Crippen LogP contribution >= 0.6 is 0 Å². The zero-order valence-corrected chi connectivity index (χ0v) is 14.2. The molecule has 0 saturated heterocycles. The van der Waals surface area contributed by atoms with E-state index in [9.17, 15) is 0 Å². The van der Waals surface area contributed by atoms with Crippen molar-refractivity contribution in [3.63, 3.8) is 0 Å². The summed E-state index contributed by atoms with van der Waals surface area (Å²) in [5.41, 5.74) is 4.03. The standard InChI is InChI=1S/C22H23N3/c1-3-8-17(9-4-1)21(18-10-5-2-6-11-18)16-23-14-19-15-25-22-20(19)12-7-13-24-22/h1-13,19,21,23H,14-16H2,(H,24,25). The molecule has 4 rings (SSSR count). The summed E-state index contributed by atoms with van der Waals surface area (Å²) in [5.74, 6) is 1.89. The van der Waals surface area contributed by atoms with E-state index < -0.39 is 0 Å². The zero-order valence-electron chi connectivity index (χ0n) is 14.2. The Morgan fingerprint density at radius 2 is 1.60 bits per heavy atom. The quantitative estimate of drug-likeness (QED) is 0.717. The van der Waals surface area contributed by atoms with E-state index in [1.165, 1.54) is 16.7 Å². The van der Waals surface area contributed by atoms with Gasteiger partial charge in [-0.3, -0.25) is 0 Å². The van der Waals surface area contributed by atoms with Crippen molar-refractivity contribution in [1.82, 2.24) is 10.3 Å². The van der Waals surface area contributed by atoms with Crippen LogP contribution in [0.4, 0.5) is 5.82 Å². The minimum atomic E-state index is 0.366. The first-order valence-corrected chi connectivity index (χ1v) is 8.91. The Bertz CT molecular complexity index is 762. The molecule has 0 saturated carbocycles. The molecule has 2 N–H and O–H groups in total. The number of rotatable bonds is 6. The van der Waals surface area contributed by atoms with Crippen LogP contribution < -0.4 is 10.6 Å². The summed E-state index contributed by atoms with van der Waals surface area (Å²) in [5, 5.41) is 7.10. The first-order chi connectivity index (χ1) is 12.4. The van der Waals surface area contributed by atoms with Gasteiger partial charge in [0.15, 0.2) is 0 Å². The van der Waals surface area contributed by atoms with E-state index >= 15 is 0 Å². The molecule has 25 heavy (non-hydrogen) atoms. The topological polar surface area (TPSA) is 37.0 Å². The Balaban J connectivity index is 1.45. The van der Waals surface area contributed by atoms with Crippen molar-refractivity contribution in [3.8, 4) is 0 Å². The number of fused-ring (bicyclic) bond motifs is 1. The van der Waals surface area contributed by atoms with Crippen molar-refractivity contribution in [1.29, 1.82) is 0 Å². The molecule has 0 amide bonds. The lowest BCUT2D eigenvalue weighted by atomic mass is 9.91. The lowest BCUT2D eigenvalue weighted by Crippen LogP contribution is -2.27. The smallest absolute Gasteiger partial charge is 0.129 e. The summed E-state index contributed by atoms with van der Waals surface area (Å²) in [6.45, 7) is 2.85. The maximum Gasteiger partial charge on any atom is 0.129 e. The lowest BCUT2D eigenvalue weighted by Gasteiger charge is -2.20. The summed E-state index contributed by atoms with van der Waals surface area (Å²) in [4.78, 5) is 4.41. The predicted molar refractivity (Wildman–Crippen MR) is 103 cm³/mol. The van der Waals surface area contributed by atoms with Crippen molar-refractivity contribution in [2.24, 2.45) is 0 Å². The van der Waals surface area contributed by atoms with Crippen LogP contribution in [0.15, 0.2) is 79.0 Å². The van der Waals surface area contributed by atoms with Gasteiger partial charge in [0.1, 0.15) is 5.82 Å². The SMILES string of the molecule is c1ccc(C(CNCC2CNc3ncccc32)c2ccccc2)cc1. The third-order valence-corrected chi connectivity index (χ3v) is 4.94. The van der Waals surface area contributed by atoms with Gasteiger partial charge in [-0.1, -0.05) is 66.7 Å². The van der Waals surface area contributed by atoms with Crippen LogP contribution in [0.25, 0.3) is 0 Å². The second-order valence-electron chi connectivity index (χ2n) is 6.55. The number of nitrogens with zero attached hydrogens (tertiary/aromatic N) is 1. The first-order valence-electron chi connectivity index (χ1n) is 8.91. The summed E-state index contributed by atoms with van der Waals surface area (Å²) in [6.07, 6.45) is 1.85. The Kier molecular flexibility index (Phi) is 4.75. The van der Waals surface area contributed by atoms with E-state index in [0.29, 0.717) is 11.8 Å². The maximum absolute atomic E-state index is 4.41. The molecule has 0 spiro atoms. The average Bonchev–Trinajstić information content (AvgIpc) is 3.10. The Morgan fingerprint density at radius 3 is 2.28 bits per heavy atom. The Morgan fingerprint density at radius 1 is 0.920 bits per heavy atom. The maximum atomic E-state index is 4.41. The molecule has 1 aromatic heterocycles. The third kappa shape index (κ3) is 3.57. The fourth-order valence-electron chi connectivity index (χ4n) is 3.61. The second kappa shape index (κ2) is 7.49. The molecule has 0 bridgehead atoms. The first kappa shape index (κ1) is 15.9. The van der Waals surface area contributed by atoms with Crippen LogP contribution in [0.2, 0.25) is 0 Å². The van der Waals surface area contributed by atoms with E-state index in [2.05, 4.69) is 82.3 Å². The van der Waals surface area contributed by atoms with Gasteiger partial charge in [0.2, 0.25) is 0 Å². The normalized spacial score (nSPS) is 15.8. The largest absolute Gasteiger partial charge is 0.369 e. The van der Waals surface area contributed by atoms with Crippen molar-refractivity contribution < 1.29 is 0 Å². The van der Waals surface area contributed by atoms with Crippen LogP contribution in [0.1, 0.15) is 28.5 Å². The molecule has 126 valence electrons. The molecule has 2 heterocycles. The van der Waals surface area contributed by atoms with Crippen molar-refractivity contribution in [3.05, 3.63) is 95.7 Å². The monoisotopic (exact) mass is 329 g/mol. The molecular weight excluding hydrogens is 306 g/mol. The number of hydrogen-bond acceptors (Lipinski definition) is 3. The number of anilines is 1. The predicted octanol–water partition coefficient (Wildman–Crippen LogP) is 4.01. The van der Waals surface area contributed by atoms with Crippen molar-refractivity contribution in [2.45, 2.75) is 11.8 Å². The molecule has 1 atom stereocenters. The van der Waals surface area contributed by atoms with Gasteiger partial charge in [-0.15, -0.1) is 0 Å². The van der Waals surface area contributed by atoms with Gasteiger partial charge in [-0.2, -0.15) is 0 Å². The second-order valence-corrected chi connectivity index (χ2v) is 6.55. The van der Waals surface area contributed by atoms with Crippen LogP contribution in [0.3, 0.4) is 0 Å². The number of hydrogen-bond donors (Lipinski definition) is 2. The lowest BCUT2D eigenvalue weighted by molar-refractivity contribution is 0.585. The van der Waals surface area contributed by atoms with Gasteiger partial charge in [0.05, 0.1) is 0 Å². The van der Waals surface area contributed by atoms with E-state index in [4.69, 9.17) is 0 Å². The minimum absolute atomic E-state index is 0.366. The van der Waals surface area contributed by atoms with Crippen molar-refractivity contribution in [2.75, 3.05) is 25.0 Å². The van der Waals surface area contributed by atoms with Crippen LogP contribution in [0.5, 0.6) is 0 Å². The molecule has 0 fully saturated rings. The third-order valence-electron chi connectivity index (χ3n) is 4.94. The van der Waals surface area contributed by atoms with Crippen LogP contribution in [-0.4, -0.2) is 24.6 Å². The van der Waals surface area contributed by atoms with E-state index in [1.54, 1.807) is 0 Å². The molecule has 1 unspecified atom stereocenters. The summed E-state index contributed by atoms with van der Waals surface area (Å²) >= 11 is 0. The Labute approximate surface area is 149 Å². The molecule has 0 radical (unpaired) electrons. The summed E-state index contributed by atoms with van der Waals surface area (Å²) < 4.78 is 0. The Hall–Kier alpha value is -2.65. The number of aromatic nitrogens is 1. The van der Waals surface area contributed by atoms with Crippen LogP contribution in [0, 0.1) is 0 Å². The zero-order chi connectivity index (χ0) is 16.9. The highest BCUT2D eigenvalue weighted by molar-refractivity contribution is 5.51. The van der Waals surface area contributed by atoms with Gasteiger partial charge in [-0.05, 0) is 17.2 Å². The van der Waals surface area contributed by atoms with Crippen LogP contribution in [-0.2, 0) is 0 Å². The fourth-order valence-corrected chi connectivity index (χ4v) is 3.61. The van der Waals surface area contributed by atoms with E-state index in [1.807, 2.05) is 12.3 Å². The molecular formula is C22H23N3. The molecule has 1 aliphatic rings. The molecule has 3 nitrogen and oxygen atoms in total. The van der Waals surface area contributed by atoms with Gasteiger partial charge in [-0.25, -0.2) is 4.98 Å². The highest BCUT2D eigenvalue weighted by Crippen LogP contribution is 2.29. The van der Waals surface area contributed by atoms with Crippen molar-refractivity contribution >= 4 is 5.82 Å². The summed E-state index contributed by atoms with van der Waals surface area (Å²) in [7, 11) is 0. The summed E-state index contributed by atoms with van der Waals surface area (Å²) in [6, 6.07) is 25.7. The average molecular weight is 329 g/mol. The van der Waals surface area contributed by atoms with Gasteiger partial charge in [0.25, 0.3) is 0 Å².